The molecule has 148 valence electrons. The summed E-state index contributed by atoms with van der Waals surface area (Å²) in [5, 5.41) is 6.49. The summed E-state index contributed by atoms with van der Waals surface area (Å²) in [4.78, 5) is 4.20. The molecule has 0 aromatic heterocycles. The lowest BCUT2D eigenvalue weighted by Gasteiger charge is -2.19. The smallest absolute Gasteiger partial charge is 0.191 e. The monoisotopic (exact) mass is 365 g/mol. The van der Waals surface area contributed by atoms with Crippen LogP contribution in [0.15, 0.2) is 29.3 Å². The Morgan fingerprint density at radius 1 is 0.962 bits per heavy atom. The first kappa shape index (κ1) is 22.3. The van der Waals surface area contributed by atoms with Gasteiger partial charge in [-0.05, 0) is 29.5 Å². The van der Waals surface area contributed by atoms with Crippen molar-refractivity contribution in [1.82, 2.24) is 10.6 Å². The van der Waals surface area contributed by atoms with Gasteiger partial charge in [-0.1, -0.05) is 32.9 Å². The van der Waals surface area contributed by atoms with Gasteiger partial charge in [0.25, 0.3) is 0 Å². The number of guanidine groups is 1. The molecule has 6 heteroatoms. The van der Waals surface area contributed by atoms with Crippen LogP contribution in [-0.2, 0) is 14.9 Å². The Morgan fingerprint density at radius 3 is 2.27 bits per heavy atom. The van der Waals surface area contributed by atoms with Crippen LogP contribution in [0.2, 0.25) is 0 Å². The van der Waals surface area contributed by atoms with Gasteiger partial charge in [0.2, 0.25) is 0 Å². The summed E-state index contributed by atoms with van der Waals surface area (Å²) in [6.07, 6.45) is 0.918. The van der Waals surface area contributed by atoms with E-state index in [2.05, 4.69) is 48.5 Å². The van der Waals surface area contributed by atoms with Gasteiger partial charge in [-0.15, -0.1) is 0 Å². The first-order chi connectivity index (χ1) is 12.5. The lowest BCUT2D eigenvalue weighted by molar-refractivity contribution is 0.0698. The average molecular weight is 366 g/mol. The molecule has 0 aliphatic heterocycles. The quantitative estimate of drug-likeness (QED) is 0.358. The maximum absolute atomic E-state index is 5.77. The minimum absolute atomic E-state index is 0.160. The number of ether oxygens (including phenoxy) is 3. The van der Waals surface area contributed by atoms with E-state index in [-0.39, 0.29) is 5.41 Å². The summed E-state index contributed by atoms with van der Waals surface area (Å²) < 4.78 is 16.1. The maximum atomic E-state index is 5.77. The van der Waals surface area contributed by atoms with Crippen LogP contribution in [0, 0.1) is 0 Å². The minimum Gasteiger partial charge on any atom is -0.492 e. The van der Waals surface area contributed by atoms with Gasteiger partial charge in [0, 0.05) is 27.3 Å². The summed E-state index contributed by atoms with van der Waals surface area (Å²) in [6.45, 7) is 10.7. The Kier molecular flexibility index (Phi) is 10.7. The van der Waals surface area contributed by atoms with Gasteiger partial charge in [-0.25, -0.2) is 0 Å². The molecule has 1 aromatic rings. The third-order valence-corrected chi connectivity index (χ3v) is 3.80. The Balaban J connectivity index is 2.15. The second-order valence-corrected chi connectivity index (χ2v) is 7.01. The molecule has 0 aliphatic rings. The highest BCUT2D eigenvalue weighted by Crippen LogP contribution is 2.24. The number of hydrogen-bond acceptors (Lipinski definition) is 4. The van der Waals surface area contributed by atoms with Crippen LogP contribution < -0.4 is 15.4 Å². The van der Waals surface area contributed by atoms with Gasteiger partial charge in [-0.2, -0.15) is 0 Å². The summed E-state index contributed by atoms with van der Waals surface area (Å²) in [5.41, 5.74) is 1.46. The largest absolute Gasteiger partial charge is 0.492 e. The van der Waals surface area contributed by atoms with E-state index >= 15 is 0 Å². The highest BCUT2D eigenvalue weighted by Gasteiger charge is 2.12. The van der Waals surface area contributed by atoms with Crippen LogP contribution in [0.1, 0.15) is 32.8 Å². The lowest BCUT2D eigenvalue weighted by atomic mass is 9.87. The second kappa shape index (κ2) is 12.5. The molecule has 0 spiro atoms. The summed E-state index contributed by atoms with van der Waals surface area (Å²) in [5.74, 6) is 1.66. The second-order valence-electron chi connectivity index (χ2n) is 7.01. The van der Waals surface area contributed by atoms with Crippen molar-refractivity contribution in [2.45, 2.75) is 32.6 Å². The van der Waals surface area contributed by atoms with E-state index in [0.29, 0.717) is 33.0 Å². The molecule has 0 amide bonds. The molecule has 6 nitrogen and oxygen atoms in total. The standard InChI is InChI=1S/C20H35N3O3/c1-20(2,3)17-7-9-18(10-8-17)26-14-12-23-19(21-4)22-11-6-13-25-16-15-24-5/h7-10H,6,11-16H2,1-5H3,(H2,21,22,23). The fraction of sp³-hybridized carbons (Fsp3) is 0.650. The number of hydrogen-bond donors (Lipinski definition) is 2. The Hall–Kier alpha value is -1.79. The van der Waals surface area contributed by atoms with E-state index in [1.807, 2.05) is 12.1 Å². The highest BCUT2D eigenvalue weighted by molar-refractivity contribution is 5.79. The molecular formula is C20H35N3O3. The first-order valence-corrected chi connectivity index (χ1v) is 9.22. The number of nitrogens with one attached hydrogen (secondary N) is 2. The summed E-state index contributed by atoms with van der Waals surface area (Å²) >= 11 is 0. The number of rotatable bonds is 11. The van der Waals surface area contributed by atoms with Crippen LogP contribution in [0.3, 0.4) is 0 Å². The van der Waals surface area contributed by atoms with Crippen molar-refractivity contribution >= 4 is 5.96 Å². The lowest BCUT2D eigenvalue weighted by Crippen LogP contribution is -2.39. The third kappa shape index (κ3) is 9.63. The van der Waals surface area contributed by atoms with E-state index in [4.69, 9.17) is 14.2 Å². The predicted octanol–water partition coefficient (Wildman–Crippen LogP) is 2.58. The highest BCUT2D eigenvalue weighted by atomic mass is 16.5. The van der Waals surface area contributed by atoms with Crippen LogP contribution in [0.4, 0.5) is 0 Å². The minimum atomic E-state index is 0.160. The molecule has 0 heterocycles. The molecule has 26 heavy (non-hydrogen) atoms. The van der Waals surface area contributed by atoms with E-state index < -0.39 is 0 Å². The number of aliphatic imine (C=N–C) groups is 1. The van der Waals surface area contributed by atoms with Gasteiger partial charge in [0.1, 0.15) is 12.4 Å². The molecular weight excluding hydrogens is 330 g/mol. The van der Waals surface area contributed by atoms with Crippen molar-refractivity contribution in [2.24, 2.45) is 4.99 Å². The van der Waals surface area contributed by atoms with Gasteiger partial charge in [0.05, 0.1) is 19.8 Å². The molecule has 0 aliphatic carbocycles. The Labute approximate surface area is 158 Å². The van der Waals surface area contributed by atoms with Crippen molar-refractivity contribution < 1.29 is 14.2 Å². The predicted molar refractivity (Wildman–Crippen MR) is 107 cm³/mol. The van der Waals surface area contributed by atoms with E-state index in [1.54, 1.807) is 14.2 Å². The molecule has 1 rings (SSSR count). The molecule has 0 radical (unpaired) electrons. The molecule has 1 aromatic carbocycles. The normalized spacial score (nSPS) is 12.1. The maximum Gasteiger partial charge on any atom is 0.191 e. The number of nitrogens with zero attached hydrogens (tertiary/aromatic N) is 1. The zero-order valence-corrected chi connectivity index (χ0v) is 16.9. The third-order valence-electron chi connectivity index (χ3n) is 3.80. The molecule has 2 N–H and O–H groups in total. The van der Waals surface area contributed by atoms with Crippen LogP contribution in [0.25, 0.3) is 0 Å². The Morgan fingerprint density at radius 2 is 1.65 bits per heavy atom. The van der Waals surface area contributed by atoms with Crippen molar-refractivity contribution in [3.8, 4) is 5.75 Å². The number of benzene rings is 1. The van der Waals surface area contributed by atoms with Crippen molar-refractivity contribution in [2.75, 3.05) is 53.7 Å². The molecule has 0 atom stereocenters. The summed E-state index contributed by atoms with van der Waals surface area (Å²) in [7, 11) is 3.43. The van der Waals surface area contributed by atoms with Gasteiger partial charge in [-0.3, -0.25) is 4.99 Å². The van der Waals surface area contributed by atoms with E-state index in [0.717, 1.165) is 24.7 Å². The topological polar surface area (TPSA) is 64.1 Å². The summed E-state index contributed by atoms with van der Waals surface area (Å²) in [6, 6.07) is 8.30. The molecule has 0 fully saturated rings. The van der Waals surface area contributed by atoms with Crippen molar-refractivity contribution in [3.05, 3.63) is 29.8 Å². The Bertz CT molecular complexity index is 510. The van der Waals surface area contributed by atoms with Crippen LogP contribution in [-0.4, -0.2) is 59.6 Å². The van der Waals surface area contributed by atoms with Gasteiger partial charge in [0.15, 0.2) is 5.96 Å². The van der Waals surface area contributed by atoms with E-state index in [1.165, 1.54) is 5.56 Å². The fourth-order valence-electron chi connectivity index (χ4n) is 2.24. The zero-order valence-electron chi connectivity index (χ0n) is 16.9. The number of methoxy groups -OCH3 is 1. The average Bonchev–Trinajstić information content (AvgIpc) is 2.62. The SMILES string of the molecule is CN=C(NCCCOCCOC)NCCOc1ccc(C(C)(C)C)cc1. The van der Waals surface area contributed by atoms with Gasteiger partial charge >= 0.3 is 0 Å². The van der Waals surface area contributed by atoms with Crippen molar-refractivity contribution in [3.63, 3.8) is 0 Å². The zero-order chi connectivity index (χ0) is 19.3. The first-order valence-electron chi connectivity index (χ1n) is 9.22. The van der Waals surface area contributed by atoms with Crippen LogP contribution in [0.5, 0.6) is 5.75 Å². The fourth-order valence-corrected chi connectivity index (χ4v) is 2.24. The van der Waals surface area contributed by atoms with E-state index in [9.17, 15) is 0 Å². The molecule has 0 bridgehead atoms. The molecule has 0 unspecified atom stereocenters. The van der Waals surface area contributed by atoms with Crippen LogP contribution >= 0.6 is 0 Å². The van der Waals surface area contributed by atoms with Crippen molar-refractivity contribution in [1.29, 1.82) is 0 Å². The van der Waals surface area contributed by atoms with Gasteiger partial charge < -0.3 is 24.8 Å². The molecule has 0 saturated carbocycles. The molecule has 0 saturated heterocycles.